The van der Waals surface area contributed by atoms with E-state index in [1.165, 1.54) is 23.2 Å². The van der Waals surface area contributed by atoms with Crippen molar-refractivity contribution in [2.24, 2.45) is 0 Å². The molecule has 0 aliphatic carbocycles. The second-order valence-corrected chi connectivity index (χ2v) is 5.18. The van der Waals surface area contributed by atoms with Gasteiger partial charge >= 0.3 is 0 Å². The van der Waals surface area contributed by atoms with Crippen molar-refractivity contribution in [3.63, 3.8) is 0 Å². The van der Waals surface area contributed by atoms with Gasteiger partial charge in [-0.2, -0.15) is 0 Å². The van der Waals surface area contributed by atoms with E-state index in [4.69, 9.17) is 0 Å². The number of anilines is 1. The molecule has 0 aliphatic rings. The van der Waals surface area contributed by atoms with Crippen LogP contribution in [0.15, 0.2) is 30.5 Å². The van der Waals surface area contributed by atoms with E-state index in [1.54, 1.807) is 0 Å². The summed E-state index contributed by atoms with van der Waals surface area (Å²) in [7, 11) is 1.96. The molecule has 0 saturated heterocycles. The van der Waals surface area contributed by atoms with Gasteiger partial charge in [0.2, 0.25) is 0 Å². The number of hydrazine groups is 1. The lowest BCUT2D eigenvalue weighted by Gasteiger charge is -2.24. The number of rotatable bonds is 7. The van der Waals surface area contributed by atoms with Gasteiger partial charge < -0.3 is 0 Å². The quantitative estimate of drug-likeness (QED) is 0.719. The van der Waals surface area contributed by atoms with Gasteiger partial charge in [-0.3, -0.25) is 5.01 Å². The van der Waals surface area contributed by atoms with E-state index < -0.39 is 0 Å². The van der Waals surface area contributed by atoms with E-state index in [-0.39, 0.29) is 0 Å². The molecule has 2 nitrogen and oxygen atoms in total. The zero-order valence-electron chi connectivity index (χ0n) is 13.0. The Morgan fingerprint density at radius 1 is 1.26 bits per heavy atom. The van der Waals surface area contributed by atoms with Crippen molar-refractivity contribution in [2.75, 3.05) is 12.1 Å². The van der Waals surface area contributed by atoms with E-state index in [9.17, 15) is 0 Å². The van der Waals surface area contributed by atoms with Crippen LogP contribution in [0.4, 0.5) is 5.69 Å². The minimum atomic E-state index is 0.526. The van der Waals surface area contributed by atoms with Crippen LogP contribution in [0.5, 0.6) is 0 Å². The number of hydrogen-bond acceptors (Lipinski definition) is 2. The second-order valence-electron chi connectivity index (χ2n) is 5.18. The van der Waals surface area contributed by atoms with Crippen molar-refractivity contribution < 1.29 is 0 Å². The summed E-state index contributed by atoms with van der Waals surface area (Å²) >= 11 is 0. The molecule has 0 heterocycles. The number of hydrogen-bond donors (Lipinski definition) is 1. The number of benzene rings is 1. The lowest BCUT2D eigenvalue weighted by molar-refractivity contribution is 0.790. The summed E-state index contributed by atoms with van der Waals surface area (Å²) < 4.78 is 0. The molecule has 1 aromatic carbocycles. The fourth-order valence-corrected chi connectivity index (χ4v) is 2.22. The molecular formula is C17H28N2. The molecule has 0 amide bonds. The van der Waals surface area contributed by atoms with Gasteiger partial charge in [0.1, 0.15) is 0 Å². The fraction of sp³-hybridized carbons (Fsp3) is 0.529. The zero-order chi connectivity index (χ0) is 14.3. The molecule has 1 rings (SSSR count). The van der Waals surface area contributed by atoms with E-state index in [2.05, 4.69) is 68.6 Å². The molecule has 1 N–H and O–H groups in total. The Morgan fingerprint density at radius 2 is 2.00 bits per heavy atom. The molecule has 0 bridgehead atoms. The Balaban J connectivity index is 3.13. The molecule has 0 fully saturated rings. The van der Waals surface area contributed by atoms with Crippen molar-refractivity contribution >= 4 is 5.69 Å². The van der Waals surface area contributed by atoms with Crippen LogP contribution in [0, 0.1) is 0 Å². The van der Waals surface area contributed by atoms with Crippen molar-refractivity contribution in [1.29, 1.82) is 0 Å². The Morgan fingerprint density at radius 3 is 2.53 bits per heavy atom. The van der Waals surface area contributed by atoms with Gasteiger partial charge in [0.15, 0.2) is 0 Å². The van der Waals surface area contributed by atoms with Gasteiger partial charge in [-0.05, 0) is 36.0 Å². The molecular weight excluding hydrogens is 232 g/mol. The van der Waals surface area contributed by atoms with Crippen LogP contribution >= 0.6 is 0 Å². The standard InChI is InChI=1S/C17H28N2/c1-6-8-12-19(18-5)17-11-10-15(9-7-2)13-16(17)14(3)4/h8,10-14,18H,6-7,9H2,1-5H3/b12-8-. The SMILES string of the molecule is CC/C=C\N(NC)c1ccc(CCC)cc1C(C)C. The predicted molar refractivity (Wildman–Crippen MR) is 85.5 cm³/mol. The summed E-state index contributed by atoms with van der Waals surface area (Å²) in [4.78, 5) is 0. The first-order chi connectivity index (χ1) is 9.13. The van der Waals surface area contributed by atoms with Gasteiger partial charge in [-0.1, -0.05) is 52.3 Å². The Hall–Kier alpha value is -1.28. The molecule has 0 aromatic heterocycles. The van der Waals surface area contributed by atoms with Crippen LogP contribution in [0.25, 0.3) is 0 Å². The Kier molecular flexibility index (Phi) is 6.65. The first kappa shape index (κ1) is 15.8. The largest absolute Gasteiger partial charge is 0.285 e. The number of aryl methyl sites for hydroxylation is 1. The maximum Gasteiger partial charge on any atom is 0.0605 e. The summed E-state index contributed by atoms with van der Waals surface area (Å²) in [5, 5.41) is 2.11. The van der Waals surface area contributed by atoms with Crippen LogP contribution in [0.1, 0.15) is 57.6 Å². The average molecular weight is 260 g/mol. The minimum Gasteiger partial charge on any atom is -0.285 e. The number of nitrogens with one attached hydrogen (secondary N) is 1. The third kappa shape index (κ3) is 4.39. The monoisotopic (exact) mass is 260 g/mol. The minimum absolute atomic E-state index is 0.526. The summed E-state index contributed by atoms with van der Waals surface area (Å²) in [5.74, 6) is 0.526. The normalized spacial score (nSPS) is 11.5. The highest BCUT2D eigenvalue weighted by molar-refractivity contribution is 5.57. The van der Waals surface area contributed by atoms with Gasteiger partial charge in [0.05, 0.1) is 5.69 Å². The lowest BCUT2D eigenvalue weighted by atomic mass is 9.97. The molecule has 106 valence electrons. The van der Waals surface area contributed by atoms with E-state index >= 15 is 0 Å². The summed E-state index contributed by atoms with van der Waals surface area (Å²) in [5.41, 5.74) is 7.34. The zero-order valence-corrected chi connectivity index (χ0v) is 13.0. The second kappa shape index (κ2) is 8.00. The maximum atomic E-state index is 3.25. The highest BCUT2D eigenvalue weighted by atomic mass is 15.5. The lowest BCUT2D eigenvalue weighted by Crippen LogP contribution is -2.30. The third-order valence-electron chi connectivity index (χ3n) is 3.24. The van der Waals surface area contributed by atoms with Crippen molar-refractivity contribution in [2.45, 2.75) is 52.9 Å². The van der Waals surface area contributed by atoms with Crippen molar-refractivity contribution in [1.82, 2.24) is 5.43 Å². The van der Waals surface area contributed by atoms with Gasteiger partial charge in [-0.15, -0.1) is 0 Å². The topological polar surface area (TPSA) is 15.3 Å². The maximum absolute atomic E-state index is 3.25. The first-order valence-corrected chi connectivity index (χ1v) is 7.40. The highest BCUT2D eigenvalue weighted by Crippen LogP contribution is 2.28. The Bertz CT molecular complexity index is 408. The molecule has 0 unspecified atom stereocenters. The van der Waals surface area contributed by atoms with Crippen LogP contribution in [0.2, 0.25) is 0 Å². The molecule has 0 radical (unpaired) electrons. The first-order valence-electron chi connectivity index (χ1n) is 7.40. The van der Waals surface area contributed by atoms with Crippen molar-refractivity contribution in [3.8, 4) is 0 Å². The summed E-state index contributed by atoms with van der Waals surface area (Å²) in [6.07, 6.45) is 7.68. The van der Waals surface area contributed by atoms with Gasteiger partial charge in [-0.25, -0.2) is 5.43 Å². The van der Waals surface area contributed by atoms with Crippen molar-refractivity contribution in [3.05, 3.63) is 41.6 Å². The molecule has 0 spiro atoms. The van der Waals surface area contributed by atoms with Crippen LogP contribution in [-0.2, 0) is 6.42 Å². The summed E-state index contributed by atoms with van der Waals surface area (Å²) in [6.45, 7) is 8.89. The highest BCUT2D eigenvalue weighted by Gasteiger charge is 2.11. The van der Waals surface area contributed by atoms with E-state index in [1.807, 2.05) is 7.05 Å². The summed E-state index contributed by atoms with van der Waals surface area (Å²) in [6, 6.07) is 6.83. The molecule has 1 aromatic rings. The van der Waals surface area contributed by atoms with Gasteiger partial charge in [0, 0.05) is 13.2 Å². The third-order valence-corrected chi connectivity index (χ3v) is 3.24. The average Bonchev–Trinajstić information content (AvgIpc) is 2.40. The molecule has 0 saturated carbocycles. The Labute approximate surface area is 118 Å². The predicted octanol–water partition coefficient (Wildman–Crippen LogP) is 4.63. The molecule has 0 aliphatic heterocycles. The van der Waals surface area contributed by atoms with Crippen LogP contribution in [-0.4, -0.2) is 7.05 Å². The van der Waals surface area contributed by atoms with Crippen LogP contribution in [0.3, 0.4) is 0 Å². The molecule has 19 heavy (non-hydrogen) atoms. The molecule has 2 heteroatoms. The van der Waals surface area contributed by atoms with E-state index in [0.717, 1.165) is 12.8 Å². The smallest absolute Gasteiger partial charge is 0.0605 e. The fourth-order valence-electron chi connectivity index (χ4n) is 2.22. The number of allylic oxidation sites excluding steroid dienone is 1. The van der Waals surface area contributed by atoms with Crippen LogP contribution < -0.4 is 10.4 Å². The van der Waals surface area contributed by atoms with E-state index in [0.29, 0.717) is 5.92 Å². The number of nitrogens with zero attached hydrogens (tertiary/aromatic N) is 1. The molecule has 0 atom stereocenters. The van der Waals surface area contributed by atoms with Gasteiger partial charge in [0.25, 0.3) is 0 Å².